The Hall–Kier alpha value is -2.04. The molecule has 5 heteroatoms. The van der Waals surface area contributed by atoms with E-state index in [1.807, 2.05) is 0 Å². The normalized spacial score (nSPS) is 11.0. The third kappa shape index (κ3) is 2.75. The highest BCUT2D eigenvalue weighted by Gasteiger charge is 2.28. The fraction of sp³-hybridized carbons (Fsp3) is 0.333. The molecule has 0 atom stereocenters. The number of hydrogen-bond donors (Lipinski definition) is 3. The first kappa shape index (κ1) is 13.0. The summed E-state index contributed by atoms with van der Waals surface area (Å²) in [6, 6.07) is 5.18. The Morgan fingerprint density at radius 1 is 1.29 bits per heavy atom. The van der Waals surface area contributed by atoms with E-state index in [0.29, 0.717) is 11.3 Å². The second kappa shape index (κ2) is 4.45. The van der Waals surface area contributed by atoms with Crippen LogP contribution in [0.3, 0.4) is 0 Å². The molecule has 0 aliphatic carbocycles. The molecule has 1 aromatic carbocycles. The number of carbonyl (C=O) groups excluding carboxylic acids is 2. The molecule has 0 spiro atoms. The first-order valence-corrected chi connectivity index (χ1v) is 5.23. The summed E-state index contributed by atoms with van der Waals surface area (Å²) >= 11 is 0. The van der Waals surface area contributed by atoms with Crippen LogP contribution in [0.5, 0.6) is 0 Å². The van der Waals surface area contributed by atoms with Crippen molar-refractivity contribution in [3.8, 4) is 0 Å². The van der Waals surface area contributed by atoms with Gasteiger partial charge in [-0.05, 0) is 32.4 Å². The van der Waals surface area contributed by atoms with Gasteiger partial charge in [-0.1, -0.05) is 12.1 Å². The molecule has 0 aromatic heterocycles. The van der Waals surface area contributed by atoms with Crippen molar-refractivity contribution in [2.75, 3.05) is 5.73 Å². The van der Waals surface area contributed by atoms with E-state index in [9.17, 15) is 9.59 Å². The van der Waals surface area contributed by atoms with E-state index in [1.54, 1.807) is 39.0 Å². The minimum Gasteiger partial charge on any atom is -0.398 e. The van der Waals surface area contributed by atoms with Crippen LogP contribution >= 0.6 is 0 Å². The molecule has 17 heavy (non-hydrogen) atoms. The van der Waals surface area contributed by atoms with Gasteiger partial charge in [0, 0.05) is 5.69 Å². The van der Waals surface area contributed by atoms with Crippen molar-refractivity contribution in [1.82, 2.24) is 5.32 Å². The zero-order valence-electron chi connectivity index (χ0n) is 10.2. The second-order valence-electron chi connectivity index (χ2n) is 4.48. The number of hydrogen-bond acceptors (Lipinski definition) is 3. The summed E-state index contributed by atoms with van der Waals surface area (Å²) in [7, 11) is 0. The number of nitrogen functional groups attached to an aromatic ring is 1. The standard InChI is InChI=1S/C12H17N3O2/c1-7-5-4-6-8(13)9(7)10(16)15-12(2,3)11(14)17/h4-6H,13H2,1-3H3,(H2,14,17)(H,15,16). The zero-order valence-corrected chi connectivity index (χ0v) is 10.2. The zero-order chi connectivity index (χ0) is 13.2. The lowest BCUT2D eigenvalue weighted by molar-refractivity contribution is -0.122. The first-order valence-electron chi connectivity index (χ1n) is 5.23. The summed E-state index contributed by atoms with van der Waals surface area (Å²) in [5.41, 5.74) is 11.3. The largest absolute Gasteiger partial charge is 0.398 e. The van der Waals surface area contributed by atoms with Crippen molar-refractivity contribution in [1.29, 1.82) is 0 Å². The molecule has 0 radical (unpaired) electrons. The molecule has 0 aliphatic rings. The molecule has 0 unspecified atom stereocenters. The fourth-order valence-electron chi connectivity index (χ4n) is 1.41. The topological polar surface area (TPSA) is 98.2 Å². The Kier molecular flexibility index (Phi) is 3.41. The Labute approximate surface area is 100 Å². The van der Waals surface area contributed by atoms with Crippen LogP contribution in [0.2, 0.25) is 0 Å². The van der Waals surface area contributed by atoms with Crippen LogP contribution in [-0.2, 0) is 4.79 Å². The van der Waals surface area contributed by atoms with Crippen LogP contribution in [0.15, 0.2) is 18.2 Å². The number of benzene rings is 1. The maximum Gasteiger partial charge on any atom is 0.254 e. The number of rotatable bonds is 3. The quantitative estimate of drug-likeness (QED) is 0.668. The predicted octanol–water partition coefficient (Wildman–Crippen LogP) is 0.571. The van der Waals surface area contributed by atoms with Crippen molar-refractivity contribution in [2.24, 2.45) is 5.73 Å². The number of nitrogens with one attached hydrogen (secondary N) is 1. The molecule has 5 nitrogen and oxygen atoms in total. The number of nitrogens with two attached hydrogens (primary N) is 2. The Morgan fingerprint density at radius 2 is 1.88 bits per heavy atom. The summed E-state index contributed by atoms with van der Waals surface area (Å²) in [6.07, 6.45) is 0. The fourth-order valence-corrected chi connectivity index (χ4v) is 1.41. The van der Waals surface area contributed by atoms with Crippen molar-refractivity contribution in [3.05, 3.63) is 29.3 Å². The van der Waals surface area contributed by atoms with Crippen molar-refractivity contribution in [2.45, 2.75) is 26.3 Å². The first-order chi connectivity index (χ1) is 7.75. The van der Waals surface area contributed by atoms with Gasteiger partial charge in [-0.3, -0.25) is 9.59 Å². The molecule has 0 saturated carbocycles. The van der Waals surface area contributed by atoms with Crippen LogP contribution < -0.4 is 16.8 Å². The van der Waals surface area contributed by atoms with Crippen LogP contribution in [0, 0.1) is 6.92 Å². The van der Waals surface area contributed by atoms with E-state index in [1.165, 1.54) is 0 Å². The molecule has 2 amide bonds. The average molecular weight is 235 g/mol. The molecule has 0 heterocycles. The highest BCUT2D eigenvalue weighted by molar-refractivity contribution is 6.03. The molecule has 5 N–H and O–H groups in total. The maximum absolute atomic E-state index is 12.0. The highest BCUT2D eigenvalue weighted by atomic mass is 16.2. The van der Waals surface area contributed by atoms with Crippen LogP contribution in [-0.4, -0.2) is 17.4 Å². The molecule has 0 bridgehead atoms. The van der Waals surface area contributed by atoms with Gasteiger partial charge >= 0.3 is 0 Å². The van der Waals surface area contributed by atoms with Crippen LogP contribution in [0.4, 0.5) is 5.69 Å². The number of aryl methyl sites for hydroxylation is 1. The molecule has 92 valence electrons. The lowest BCUT2D eigenvalue weighted by Gasteiger charge is -2.23. The van der Waals surface area contributed by atoms with Crippen LogP contribution in [0.1, 0.15) is 29.8 Å². The Balaban J connectivity index is 3.03. The molecule has 0 saturated heterocycles. The predicted molar refractivity (Wildman–Crippen MR) is 66.3 cm³/mol. The molecular formula is C12H17N3O2. The molecule has 1 aromatic rings. The smallest absolute Gasteiger partial charge is 0.254 e. The second-order valence-corrected chi connectivity index (χ2v) is 4.48. The van der Waals surface area contributed by atoms with Gasteiger partial charge in [0.15, 0.2) is 0 Å². The van der Waals surface area contributed by atoms with E-state index >= 15 is 0 Å². The lowest BCUT2D eigenvalue weighted by Crippen LogP contribution is -2.53. The molecule has 0 aliphatic heterocycles. The number of amides is 2. The molecule has 1 rings (SSSR count). The summed E-state index contributed by atoms with van der Waals surface area (Å²) in [6.45, 7) is 4.87. The third-order valence-corrected chi connectivity index (χ3v) is 2.57. The van der Waals surface area contributed by atoms with Crippen molar-refractivity contribution < 1.29 is 9.59 Å². The summed E-state index contributed by atoms with van der Waals surface area (Å²) in [4.78, 5) is 23.1. The van der Waals surface area contributed by atoms with Gasteiger partial charge in [-0.2, -0.15) is 0 Å². The number of anilines is 1. The van der Waals surface area contributed by atoms with Gasteiger partial charge in [-0.15, -0.1) is 0 Å². The number of carbonyl (C=O) groups is 2. The van der Waals surface area contributed by atoms with Gasteiger partial charge in [0.05, 0.1) is 5.56 Å². The van der Waals surface area contributed by atoms with Gasteiger partial charge in [0.2, 0.25) is 5.91 Å². The summed E-state index contributed by atoms with van der Waals surface area (Å²) < 4.78 is 0. The summed E-state index contributed by atoms with van der Waals surface area (Å²) in [5, 5.41) is 2.56. The van der Waals surface area contributed by atoms with Gasteiger partial charge in [-0.25, -0.2) is 0 Å². The average Bonchev–Trinajstić information content (AvgIpc) is 2.15. The Morgan fingerprint density at radius 3 is 2.35 bits per heavy atom. The SMILES string of the molecule is Cc1cccc(N)c1C(=O)NC(C)(C)C(N)=O. The van der Waals surface area contributed by atoms with Gasteiger partial charge < -0.3 is 16.8 Å². The maximum atomic E-state index is 12.0. The van der Waals surface area contributed by atoms with E-state index in [-0.39, 0.29) is 0 Å². The van der Waals surface area contributed by atoms with E-state index in [2.05, 4.69) is 5.32 Å². The van der Waals surface area contributed by atoms with E-state index < -0.39 is 17.4 Å². The Bertz CT molecular complexity index is 447. The van der Waals surface area contributed by atoms with Crippen molar-refractivity contribution in [3.63, 3.8) is 0 Å². The highest BCUT2D eigenvalue weighted by Crippen LogP contribution is 2.17. The molecular weight excluding hydrogens is 218 g/mol. The van der Waals surface area contributed by atoms with Crippen LogP contribution in [0.25, 0.3) is 0 Å². The van der Waals surface area contributed by atoms with E-state index in [4.69, 9.17) is 11.5 Å². The summed E-state index contributed by atoms with van der Waals surface area (Å²) in [5.74, 6) is -0.998. The third-order valence-electron chi connectivity index (χ3n) is 2.57. The van der Waals surface area contributed by atoms with Crippen molar-refractivity contribution >= 4 is 17.5 Å². The number of primary amides is 1. The minimum absolute atomic E-state index is 0.377. The lowest BCUT2D eigenvalue weighted by atomic mass is 10.0. The molecule has 0 fully saturated rings. The van der Waals surface area contributed by atoms with Gasteiger partial charge in [0.1, 0.15) is 5.54 Å². The minimum atomic E-state index is -1.11. The van der Waals surface area contributed by atoms with Gasteiger partial charge in [0.25, 0.3) is 5.91 Å². The van der Waals surface area contributed by atoms with E-state index in [0.717, 1.165) is 5.56 Å². The monoisotopic (exact) mass is 235 g/mol.